The fourth-order valence-electron chi connectivity index (χ4n) is 5.70. The molecule has 2 aliphatic carbocycles. The van der Waals surface area contributed by atoms with E-state index in [9.17, 15) is 5.11 Å². The van der Waals surface area contributed by atoms with Gasteiger partial charge in [-0.05, 0) is 101 Å². The number of rotatable bonds is 10. The van der Waals surface area contributed by atoms with E-state index in [1.54, 1.807) is 5.57 Å². The van der Waals surface area contributed by atoms with Crippen LogP contribution in [0.2, 0.25) is 0 Å². The van der Waals surface area contributed by atoms with Crippen molar-refractivity contribution in [2.75, 3.05) is 0 Å². The van der Waals surface area contributed by atoms with E-state index >= 15 is 0 Å². The molecule has 0 radical (unpaired) electrons. The number of hydrogen-bond donors (Lipinski definition) is 1. The Hall–Kier alpha value is -2.90. The molecule has 0 aliphatic heterocycles. The minimum Gasteiger partial charge on any atom is -0.389 e. The van der Waals surface area contributed by atoms with Crippen molar-refractivity contribution in [3.8, 4) is 0 Å². The highest BCUT2D eigenvalue weighted by Crippen LogP contribution is 2.41. The highest BCUT2D eigenvalue weighted by atomic mass is 16.3. The molecule has 222 valence electrons. The van der Waals surface area contributed by atoms with Gasteiger partial charge in [0, 0.05) is 0 Å². The third-order valence-corrected chi connectivity index (χ3v) is 8.53. The quantitative estimate of drug-likeness (QED) is 0.267. The first-order valence-electron chi connectivity index (χ1n) is 15.4. The zero-order valence-corrected chi connectivity index (χ0v) is 27.6. The number of allylic oxidation sites excluding steroid dienone is 21. The summed E-state index contributed by atoms with van der Waals surface area (Å²) in [7, 11) is 0. The summed E-state index contributed by atoms with van der Waals surface area (Å²) in [5.74, 6) is 0. The summed E-state index contributed by atoms with van der Waals surface area (Å²) in [6.07, 6.45) is 35.6. The van der Waals surface area contributed by atoms with E-state index in [2.05, 4.69) is 154 Å². The van der Waals surface area contributed by atoms with E-state index in [0.717, 1.165) is 18.4 Å². The van der Waals surface area contributed by atoms with Crippen molar-refractivity contribution < 1.29 is 5.11 Å². The molecule has 0 aromatic heterocycles. The second-order valence-corrected chi connectivity index (χ2v) is 13.4. The molecule has 0 fully saturated rings. The Labute approximate surface area is 252 Å². The summed E-state index contributed by atoms with van der Waals surface area (Å²) < 4.78 is 0. The standard InChI is InChI=1S/C40H56O/c1-30(18-13-20-32(3)23-25-36-34(5)22-15-28-39(36,7)8)16-11-12-17-31(2)19-14-21-33(4)24-26-37-35(6)38(41)27-29-40(37,9)10/h11-14,16-21,23-26,38,41H,15,22,27-29H2,1-10H3. The summed E-state index contributed by atoms with van der Waals surface area (Å²) in [4.78, 5) is 0. The first-order valence-corrected chi connectivity index (χ1v) is 15.4. The van der Waals surface area contributed by atoms with Crippen LogP contribution < -0.4 is 0 Å². The normalized spacial score (nSPS) is 23.5. The molecule has 0 amide bonds. The first-order chi connectivity index (χ1) is 19.2. The lowest BCUT2D eigenvalue weighted by Gasteiger charge is -2.35. The first kappa shape index (κ1) is 34.3. The Balaban J connectivity index is 1.90. The third-order valence-electron chi connectivity index (χ3n) is 8.53. The average Bonchev–Trinajstić information content (AvgIpc) is 2.88. The molecule has 1 atom stereocenters. The summed E-state index contributed by atoms with van der Waals surface area (Å²) in [5, 5.41) is 10.3. The lowest BCUT2D eigenvalue weighted by Crippen LogP contribution is -2.27. The second-order valence-electron chi connectivity index (χ2n) is 13.4. The van der Waals surface area contributed by atoms with Gasteiger partial charge in [0.2, 0.25) is 0 Å². The van der Waals surface area contributed by atoms with E-state index < -0.39 is 0 Å². The lowest BCUT2D eigenvalue weighted by atomic mass is 9.71. The van der Waals surface area contributed by atoms with Crippen molar-refractivity contribution in [2.24, 2.45) is 10.8 Å². The smallest absolute Gasteiger partial charge is 0.0753 e. The number of aliphatic hydroxyl groups excluding tert-OH is 1. The van der Waals surface area contributed by atoms with Crippen molar-refractivity contribution >= 4 is 0 Å². The van der Waals surface area contributed by atoms with Crippen LogP contribution in [0.3, 0.4) is 0 Å². The van der Waals surface area contributed by atoms with Crippen molar-refractivity contribution in [1.29, 1.82) is 0 Å². The molecule has 0 bridgehead atoms. The molecule has 0 heterocycles. The zero-order chi connectivity index (χ0) is 30.6. The molecule has 0 aromatic carbocycles. The van der Waals surface area contributed by atoms with Crippen LogP contribution in [0.5, 0.6) is 0 Å². The topological polar surface area (TPSA) is 20.2 Å². The predicted molar refractivity (Wildman–Crippen MR) is 183 cm³/mol. The van der Waals surface area contributed by atoms with Gasteiger partial charge in [0.25, 0.3) is 0 Å². The maximum atomic E-state index is 10.3. The van der Waals surface area contributed by atoms with Crippen LogP contribution in [0.4, 0.5) is 0 Å². The zero-order valence-electron chi connectivity index (χ0n) is 27.6. The van der Waals surface area contributed by atoms with Gasteiger partial charge in [0.1, 0.15) is 0 Å². The average molecular weight is 553 g/mol. The minimum absolute atomic E-state index is 0.112. The fraction of sp³-hybridized carbons (Fsp3) is 0.450. The Bertz CT molecular complexity index is 1250. The Kier molecular flexibility index (Phi) is 13.3. The minimum atomic E-state index is -0.308. The van der Waals surface area contributed by atoms with E-state index in [-0.39, 0.29) is 16.9 Å². The summed E-state index contributed by atoms with van der Waals surface area (Å²) in [6, 6.07) is 0. The SMILES string of the molecule is CC(C=CC=C(C)C=CC1=C(C)CCCC1(C)C)=CC=CC=C(C)C=CC=C(C)C=CC1=C(C)C(O)CCC1(C)C. The molecule has 1 heteroatoms. The molecule has 1 unspecified atom stereocenters. The van der Waals surface area contributed by atoms with Crippen LogP contribution in [0.1, 0.15) is 101 Å². The fourth-order valence-corrected chi connectivity index (χ4v) is 5.70. The molecule has 0 spiro atoms. The van der Waals surface area contributed by atoms with Gasteiger partial charge in [-0.15, -0.1) is 0 Å². The van der Waals surface area contributed by atoms with Gasteiger partial charge in [-0.1, -0.05) is 141 Å². The van der Waals surface area contributed by atoms with Gasteiger partial charge in [-0.25, -0.2) is 0 Å². The van der Waals surface area contributed by atoms with Gasteiger partial charge < -0.3 is 5.11 Å². The molecule has 0 saturated carbocycles. The van der Waals surface area contributed by atoms with E-state index in [4.69, 9.17) is 0 Å². The van der Waals surface area contributed by atoms with Gasteiger partial charge in [0.05, 0.1) is 6.10 Å². The van der Waals surface area contributed by atoms with Crippen molar-refractivity contribution in [3.05, 3.63) is 130 Å². The van der Waals surface area contributed by atoms with Gasteiger partial charge in [0.15, 0.2) is 0 Å². The van der Waals surface area contributed by atoms with Crippen molar-refractivity contribution in [1.82, 2.24) is 0 Å². The van der Waals surface area contributed by atoms with E-state index in [1.165, 1.54) is 52.7 Å². The Morgan fingerprint density at radius 2 is 1.07 bits per heavy atom. The van der Waals surface area contributed by atoms with Crippen LogP contribution in [-0.4, -0.2) is 11.2 Å². The predicted octanol–water partition coefficient (Wildman–Crippen LogP) is 11.6. The van der Waals surface area contributed by atoms with Crippen LogP contribution in [0.25, 0.3) is 0 Å². The van der Waals surface area contributed by atoms with E-state index in [0.29, 0.717) is 0 Å². The lowest BCUT2D eigenvalue weighted by molar-refractivity contribution is 0.163. The van der Waals surface area contributed by atoms with Gasteiger partial charge in [-0.2, -0.15) is 0 Å². The highest BCUT2D eigenvalue weighted by Gasteiger charge is 2.30. The maximum Gasteiger partial charge on any atom is 0.0753 e. The number of hydrogen-bond acceptors (Lipinski definition) is 1. The summed E-state index contributed by atoms with van der Waals surface area (Å²) in [6.45, 7) is 22.1. The molecule has 1 N–H and O–H groups in total. The Morgan fingerprint density at radius 1 is 0.634 bits per heavy atom. The molecular formula is C40H56O. The maximum absolute atomic E-state index is 10.3. The molecule has 41 heavy (non-hydrogen) atoms. The Morgan fingerprint density at radius 3 is 1.59 bits per heavy atom. The molecule has 1 nitrogen and oxygen atoms in total. The highest BCUT2D eigenvalue weighted by molar-refractivity contribution is 5.39. The van der Waals surface area contributed by atoms with Gasteiger partial charge in [-0.3, -0.25) is 0 Å². The second kappa shape index (κ2) is 15.9. The summed E-state index contributed by atoms with van der Waals surface area (Å²) >= 11 is 0. The van der Waals surface area contributed by atoms with Crippen LogP contribution in [0, 0.1) is 10.8 Å². The van der Waals surface area contributed by atoms with Gasteiger partial charge >= 0.3 is 0 Å². The van der Waals surface area contributed by atoms with Crippen LogP contribution in [0.15, 0.2) is 130 Å². The van der Waals surface area contributed by atoms with Crippen molar-refractivity contribution in [2.45, 2.75) is 107 Å². The molecule has 2 rings (SSSR count). The molecule has 0 saturated heterocycles. The molecule has 2 aliphatic rings. The molecular weight excluding hydrogens is 496 g/mol. The molecule has 0 aromatic rings. The van der Waals surface area contributed by atoms with Crippen molar-refractivity contribution in [3.63, 3.8) is 0 Å². The number of aliphatic hydroxyl groups is 1. The monoisotopic (exact) mass is 552 g/mol. The largest absolute Gasteiger partial charge is 0.389 e. The van der Waals surface area contributed by atoms with Crippen LogP contribution >= 0.6 is 0 Å². The summed E-state index contributed by atoms with van der Waals surface area (Å²) in [5.41, 5.74) is 10.7. The third kappa shape index (κ3) is 11.5. The van der Waals surface area contributed by atoms with E-state index in [1.807, 2.05) is 0 Å². The van der Waals surface area contributed by atoms with Crippen LogP contribution in [-0.2, 0) is 0 Å².